The van der Waals surface area contributed by atoms with Gasteiger partial charge in [0.1, 0.15) is 22.9 Å². The van der Waals surface area contributed by atoms with Crippen LogP contribution in [0.5, 0.6) is 5.88 Å². The third-order valence-corrected chi connectivity index (χ3v) is 7.53. The molecule has 0 spiro atoms. The first kappa shape index (κ1) is 28.5. The summed E-state index contributed by atoms with van der Waals surface area (Å²) in [6.45, 7) is 0. The van der Waals surface area contributed by atoms with E-state index in [2.05, 4.69) is 9.97 Å². The first-order chi connectivity index (χ1) is 19.5. The Kier molecular flexibility index (Phi) is 7.94. The Morgan fingerprint density at radius 3 is 2.32 bits per heavy atom. The van der Waals surface area contributed by atoms with Gasteiger partial charge in [-0.25, -0.2) is 14.4 Å². The number of fused-ring (bicyclic) bond motifs is 1. The van der Waals surface area contributed by atoms with Crippen molar-refractivity contribution in [2.45, 2.75) is 24.7 Å². The van der Waals surface area contributed by atoms with Crippen molar-refractivity contribution in [3.05, 3.63) is 100 Å². The zero-order valence-corrected chi connectivity index (χ0v) is 22.5. The molecule has 5 rings (SSSR count). The molecule has 0 saturated heterocycles. The highest BCUT2D eigenvalue weighted by atomic mass is 35.5. The first-order valence-corrected chi connectivity index (χ1v) is 13.4. The third-order valence-electron chi connectivity index (χ3n) is 6.34. The van der Waals surface area contributed by atoms with Gasteiger partial charge in [0, 0.05) is 21.5 Å². The van der Waals surface area contributed by atoms with Gasteiger partial charge in [0.15, 0.2) is 0 Å². The van der Waals surface area contributed by atoms with Crippen molar-refractivity contribution in [2.75, 3.05) is 0 Å². The number of carboxylic acid groups (broad SMARTS) is 1. The summed E-state index contributed by atoms with van der Waals surface area (Å²) in [5.74, 6) is -1.89. The number of ether oxygens (including phenoxy) is 1. The van der Waals surface area contributed by atoms with E-state index in [-0.39, 0.29) is 28.5 Å². The number of carboxylic acids is 1. The highest BCUT2D eigenvalue weighted by molar-refractivity contribution is 7.18. The number of nitrogens with zero attached hydrogens (tertiary/aromatic N) is 2. The summed E-state index contributed by atoms with van der Waals surface area (Å²) in [5.41, 5.74) is 8.34. The van der Waals surface area contributed by atoms with Crippen LogP contribution < -0.4 is 10.5 Å². The number of benzene rings is 3. The van der Waals surface area contributed by atoms with Crippen molar-refractivity contribution in [1.29, 1.82) is 0 Å². The summed E-state index contributed by atoms with van der Waals surface area (Å²) in [6, 6.07) is 14.9. The minimum absolute atomic E-state index is 0.139. The van der Waals surface area contributed by atoms with Crippen LogP contribution in [0.15, 0.2) is 78.4 Å². The van der Waals surface area contributed by atoms with Crippen molar-refractivity contribution in [3.63, 3.8) is 0 Å². The van der Waals surface area contributed by atoms with Crippen molar-refractivity contribution in [1.82, 2.24) is 9.97 Å². The predicted octanol–water partition coefficient (Wildman–Crippen LogP) is 7.45. The quantitative estimate of drug-likeness (QED) is 0.179. The molecular weight excluding hydrogens is 582 g/mol. The normalized spacial score (nSPS) is 13.2. The van der Waals surface area contributed by atoms with Gasteiger partial charge in [-0.1, -0.05) is 54.1 Å². The van der Waals surface area contributed by atoms with Gasteiger partial charge >= 0.3 is 12.1 Å². The lowest BCUT2D eigenvalue weighted by Gasteiger charge is -2.24. The Balaban J connectivity index is 1.51. The number of aromatic nitrogens is 2. The molecule has 0 bridgehead atoms. The van der Waals surface area contributed by atoms with Gasteiger partial charge in [0.2, 0.25) is 12.0 Å². The van der Waals surface area contributed by atoms with Gasteiger partial charge in [-0.3, -0.25) is 4.79 Å². The number of thiophene rings is 1. The van der Waals surface area contributed by atoms with Crippen LogP contribution in [0.1, 0.15) is 17.2 Å². The molecule has 0 aliphatic heterocycles. The second-order valence-electron chi connectivity index (χ2n) is 9.13. The molecule has 12 heteroatoms. The predicted molar refractivity (Wildman–Crippen MR) is 148 cm³/mol. The molecule has 3 N–H and O–H groups in total. The fourth-order valence-electron chi connectivity index (χ4n) is 4.33. The summed E-state index contributed by atoms with van der Waals surface area (Å²) in [6.07, 6.45) is -5.98. The van der Waals surface area contributed by atoms with E-state index in [9.17, 15) is 22.4 Å². The van der Waals surface area contributed by atoms with E-state index in [4.69, 9.17) is 27.2 Å². The van der Waals surface area contributed by atoms with E-state index in [1.165, 1.54) is 30.3 Å². The SMILES string of the molecule is NC(Cc1ccc(-c2csc3c(OC(c4ccc(Cl)cc4-c4ccc(F)cc4)C(F)(F)F)ncnc23)cc1)C(=O)O. The molecule has 5 aromatic rings. The van der Waals surface area contributed by atoms with Gasteiger partial charge in [-0.05, 0) is 52.9 Å². The molecule has 0 aliphatic carbocycles. The van der Waals surface area contributed by atoms with Gasteiger partial charge in [0.05, 0.1) is 5.52 Å². The summed E-state index contributed by atoms with van der Waals surface area (Å²) < 4.78 is 62.9. The minimum Gasteiger partial charge on any atom is -0.480 e. The highest BCUT2D eigenvalue weighted by Crippen LogP contribution is 2.44. The zero-order valence-electron chi connectivity index (χ0n) is 20.9. The van der Waals surface area contributed by atoms with E-state index in [1.807, 2.05) is 0 Å². The molecule has 41 heavy (non-hydrogen) atoms. The molecule has 0 aliphatic rings. The van der Waals surface area contributed by atoms with E-state index in [0.717, 1.165) is 40.9 Å². The highest BCUT2D eigenvalue weighted by Gasteiger charge is 2.45. The number of hydrogen-bond donors (Lipinski definition) is 2. The summed E-state index contributed by atoms with van der Waals surface area (Å²) >= 11 is 7.25. The van der Waals surface area contributed by atoms with E-state index in [1.54, 1.807) is 29.6 Å². The fraction of sp³-hybridized carbons (Fsp3) is 0.138. The molecule has 0 saturated carbocycles. The third kappa shape index (κ3) is 6.17. The van der Waals surface area contributed by atoms with Gasteiger partial charge < -0.3 is 15.6 Å². The Labute approximate surface area is 240 Å². The number of rotatable bonds is 8. The topological polar surface area (TPSA) is 98.3 Å². The van der Waals surface area contributed by atoms with Crippen LogP contribution in [0.3, 0.4) is 0 Å². The van der Waals surface area contributed by atoms with Gasteiger partial charge in [-0.15, -0.1) is 11.3 Å². The average molecular weight is 602 g/mol. The molecule has 2 atom stereocenters. The average Bonchev–Trinajstić information content (AvgIpc) is 3.37. The Hall–Kier alpha value is -4.06. The number of alkyl halides is 3. The molecule has 2 heterocycles. The van der Waals surface area contributed by atoms with E-state index < -0.39 is 30.1 Å². The van der Waals surface area contributed by atoms with Crippen LogP contribution in [0.25, 0.3) is 32.5 Å². The molecule has 3 aromatic carbocycles. The van der Waals surface area contributed by atoms with Crippen molar-refractivity contribution >= 4 is 39.1 Å². The standard InChI is InChI=1S/C29H20ClF4N3O3S/c30-18-7-10-20(21(12-18)16-5-8-19(31)9-6-16)26(29(32,33)34)40-27-25-24(36-14-37-27)22(13-41-25)17-3-1-15(2-4-17)11-23(35)28(38)39/h1-10,12-14,23,26H,11,35H2,(H,38,39). The maximum Gasteiger partial charge on any atom is 0.429 e. The monoisotopic (exact) mass is 601 g/mol. The van der Waals surface area contributed by atoms with Crippen LogP contribution in [0.4, 0.5) is 17.6 Å². The second kappa shape index (κ2) is 11.4. The lowest BCUT2D eigenvalue weighted by Crippen LogP contribution is -2.32. The van der Waals surface area contributed by atoms with Crippen molar-refractivity contribution in [3.8, 4) is 28.1 Å². The molecule has 0 amide bonds. The number of aliphatic carboxylic acids is 1. The van der Waals surface area contributed by atoms with E-state index >= 15 is 0 Å². The molecule has 0 radical (unpaired) electrons. The lowest BCUT2D eigenvalue weighted by molar-refractivity contribution is -0.198. The van der Waals surface area contributed by atoms with Gasteiger partial charge in [0.25, 0.3) is 0 Å². The maximum absolute atomic E-state index is 14.5. The van der Waals surface area contributed by atoms with Crippen LogP contribution in [-0.2, 0) is 11.2 Å². The van der Waals surface area contributed by atoms with Crippen LogP contribution in [0, 0.1) is 5.82 Å². The molecule has 210 valence electrons. The Morgan fingerprint density at radius 2 is 1.66 bits per heavy atom. The van der Waals surface area contributed by atoms with Crippen LogP contribution in [0.2, 0.25) is 5.02 Å². The second-order valence-corrected chi connectivity index (χ2v) is 10.4. The number of nitrogens with two attached hydrogens (primary N) is 1. The van der Waals surface area contributed by atoms with Crippen molar-refractivity contribution < 1.29 is 32.2 Å². The molecule has 6 nitrogen and oxygen atoms in total. The minimum atomic E-state index is -4.84. The van der Waals surface area contributed by atoms with Crippen LogP contribution >= 0.6 is 22.9 Å². The van der Waals surface area contributed by atoms with E-state index in [0.29, 0.717) is 21.3 Å². The zero-order chi connectivity index (χ0) is 29.3. The number of hydrogen-bond acceptors (Lipinski definition) is 6. The maximum atomic E-state index is 14.5. The van der Waals surface area contributed by atoms with Crippen LogP contribution in [-0.4, -0.2) is 33.3 Å². The summed E-state index contributed by atoms with van der Waals surface area (Å²) in [4.78, 5) is 19.3. The smallest absolute Gasteiger partial charge is 0.429 e. The molecular formula is C29H20ClF4N3O3S. The molecule has 0 fully saturated rings. The number of halogens is 5. The lowest BCUT2D eigenvalue weighted by atomic mass is 9.95. The Bertz CT molecular complexity index is 1710. The Morgan fingerprint density at radius 1 is 1.00 bits per heavy atom. The van der Waals surface area contributed by atoms with Crippen molar-refractivity contribution in [2.24, 2.45) is 5.73 Å². The molecule has 2 aromatic heterocycles. The summed E-state index contributed by atoms with van der Waals surface area (Å²) in [5, 5.41) is 11.0. The molecule has 2 unspecified atom stereocenters. The first-order valence-electron chi connectivity index (χ1n) is 12.1. The largest absolute Gasteiger partial charge is 0.480 e. The number of carbonyl (C=O) groups is 1. The van der Waals surface area contributed by atoms with Gasteiger partial charge in [-0.2, -0.15) is 13.2 Å². The summed E-state index contributed by atoms with van der Waals surface area (Å²) in [7, 11) is 0. The fourth-order valence-corrected chi connectivity index (χ4v) is 5.47.